The van der Waals surface area contributed by atoms with Crippen LogP contribution in [0.25, 0.3) is 4.83 Å². The highest BCUT2D eigenvalue weighted by molar-refractivity contribution is 7.15. The molecule has 0 aliphatic carbocycles. The molecule has 144 valence electrons. The molecule has 0 bridgehead atoms. The predicted molar refractivity (Wildman–Crippen MR) is 95.8 cm³/mol. The summed E-state index contributed by atoms with van der Waals surface area (Å²) in [6, 6.07) is -0.285. The van der Waals surface area contributed by atoms with Crippen LogP contribution in [-0.2, 0) is 27.5 Å². The third-order valence-corrected chi connectivity index (χ3v) is 6.50. The van der Waals surface area contributed by atoms with Gasteiger partial charge in [-0.05, 0) is 6.92 Å². The van der Waals surface area contributed by atoms with Crippen LogP contribution in [-0.4, -0.2) is 50.6 Å². The Balaban J connectivity index is 1.68. The maximum Gasteiger partial charge on any atom is 0.352 e. The number of aromatic nitrogens is 2. The van der Waals surface area contributed by atoms with E-state index >= 15 is 0 Å². The number of carbonyl (C=O) groups excluding carboxylic acids is 1. The molecule has 2 aliphatic heterocycles. The number of thiazole rings is 1. The van der Waals surface area contributed by atoms with E-state index in [9.17, 15) is 19.8 Å². The van der Waals surface area contributed by atoms with Gasteiger partial charge in [0.2, 0.25) is 17.1 Å². The zero-order valence-corrected chi connectivity index (χ0v) is 16.1. The van der Waals surface area contributed by atoms with Crippen LogP contribution in [0, 0.1) is 11.8 Å². The monoisotopic (exact) mass is 392 g/mol. The fourth-order valence-corrected chi connectivity index (χ4v) is 5.23. The Bertz CT molecular complexity index is 960. The Labute approximate surface area is 159 Å². The average molecular weight is 392 g/mol. The van der Waals surface area contributed by atoms with Crippen molar-refractivity contribution in [2.24, 2.45) is 11.8 Å². The van der Waals surface area contributed by atoms with E-state index in [1.165, 1.54) is 4.90 Å². The molecule has 4 atom stereocenters. The Morgan fingerprint density at radius 2 is 2.22 bits per heavy atom. The number of imidazole rings is 1. The van der Waals surface area contributed by atoms with Gasteiger partial charge >= 0.3 is 5.97 Å². The van der Waals surface area contributed by atoms with Crippen molar-refractivity contribution in [2.75, 3.05) is 7.11 Å². The Morgan fingerprint density at radius 3 is 2.85 bits per heavy atom. The number of aliphatic carboxylic acids is 1. The van der Waals surface area contributed by atoms with Gasteiger partial charge in [0, 0.05) is 24.0 Å². The maximum atomic E-state index is 12.4. The van der Waals surface area contributed by atoms with Crippen LogP contribution in [0.2, 0.25) is 0 Å². The van der Waals surface area contributed by atoms with Gasteiger partial charge < -0.3 is 19.8 Å². The topological polar surface area (TPSA) is 95.4 Å². The van der Waals surface area contributed by atoms with Gasteiger partial charge in [0.15, 0.2) is 0 Å². The molecule has 0 radical (unpaired) electrons. The number of β-lactam (4-membered cyclic amide) rings is 1. The average Bonchev–Trinajstić information content (AvgIpc) is 3.21. The quantitative estimate of drug-likeness (QED) is 0.555. The molecule has 8 nitrogen and oxygen atoms in total. The van der Waals surface area contributed by atoms with Crippen molar-refractivity contribution in [3.05, 3.63) is 34.9 Å². The first-order chi connectivity index (χ1) is 12.8. The van der Waals surface area contributed by atoms with E-state index in [4.69, 9.17) is 4.74 Å². The molecule has 0 spiro atoms. The number of carbonyl (C=O) groups is 2. The standard InChI is InChI=1S/C18H21N3O5S/c1-9-12(4-19-5-13-20(8-19)11(6-26-3)7-27-13)16(18(24)25)21-15(9)14(10(2)22)17(21)23/h5,7-10,14-15,22H,4,6H2,1-3H3/p+1/t9-,10+,14+,15+/m0/s1. The van der Waals surface area contributed by atoms with Crippen LogP contribution >= 0.6 is 11.3 Å². The van der Waals surface area contributed by atoms with Crippen LogP contribution in [0.5, 0.6) is 0 Å². The van der Waals surface area contributed by atoms with Crippen molar-refractivity contribution in [3.8, 4) is 0 Å². The van der Waals surface area contributed by atoms with Gasteiger partial charge in [-0.2, -0.15) is 4.40 Å². The first-order valence-corrected chi connectivity index (χ1v) is 9.67. The molecule has 2 N–H and O–H groups in total. The summed E-state index contributed by atoms with van der Waals surface area (Å²) >= 11 is 1.59. The molecule has 27 heavy (non-hydrogen) atoms. The van der Waals surface area contributed by atoms with E-state index in [0.717, 1.165) is 10.5 Å². The highest BCUT2D eigenvalue weighted by Crippen LogP contribution is 2.47. The first kappa shape index (κ1) is 18.1. The summed E-state index contributed by atoms with van der Waals surface area (Å²) in [5.74, 6) is -2.07. The Morgan fingerprint density at radius 1 is 1.48 bits per heavy atom. The maximum absolute atomic E-state index is 12.4. The summed E-state index contributed by atoms with van der Waals surface area (Å²) in [6.07, 6.45) is 3.09. The van der Waals surface area contributed by atoms with Gasteiger partial charge in [-0.1, -0.05) is 18.3 Å². The number of ether oxygens (including phenoxy) is 1. The van der Waals surface area contributed by atoms with Gasteiger partial charge in [0.25, 0.3) is 0 Å². The van der Waals surface area contributed by atoms with Crippen molar-refractivity contribution in [1.82, 2.24) is 9.30 Å². The molecule has 2 aliphatic rings. The van der Waals surface area contributed by atoms with Gasteiger partial charge in [-0.3, -0.25) is 4.79 Å². The Hall–Kier alpha value is -2.23. The molecular formula is C18H22N3O5S+. The lowest BCUT2D eigenvalue weighted by atomic mass is 9.78. The summed E-state index contributed by atoms with van der Waals surface area (Å²) in [5, 5.41) is 21.7. The minimum absolute atomic E-state index is 0.0635. The molecule has 1 amide bonds. The molecule has 0 unspecified atom stereocenters. The second-order valence-electron chi connectivity index (χ2n) is 7.22. The van der Waals surface area contributed by atoms with Crippen molar-refractivity contribution in [3.63, 3.8) is 0 Å². The van der Waals surface area contributed by atoms with Gasteiger partial charge in [0.05, 0.1) is 18.1 Å². The molecule has 4 rings (SSSR count). The van der Waals surface area contributed by atoms with E-state index in [1.807, 2.05) is 33.8 Å². The van der Waals surface area contributed by atoms with Crippen LogP contribution in [0.4, 0.5) is 0 Å². The SMILES string of the molecule is COCc1csc2c[n+](CC3=C(C(=O)O)N4C(=O)[C@H]([C@@H](C)O)[C@H]4[C@H]3C)cn12. The number of nitrogens with zero attached hydrogens (tertiary/aromatic N) is 3. The van der Waals surface area contributed by atoms with Crippen molar-refractivity contribution >= 4 is 28.0 Å². The number of fused-ring (bicyclic) bond motifs is 2. The zero-order valence-electron chi connectivity index (χ0n) is 15.3. The first-order valence-electron chi connectivity index (χ1n) is 8.79. The molecule has 0 saturated carbocycles. The van der Waals surface area contributed by atoms with Crippen LogP contribution < -0.4 is 4.57 Å². The number of rotatable bonds is 6. The highest BCUT2D eigenvalue weighted by atomic mass is 32.1. The summed E-state index contributed by atoms with van der Waals surface area (Å²) in [6.45, 7) is 4.39. The molecule has 1 saturated heterocycles. The van der Waals surface area contributed by atoms with Gasteiger partial charge in [0.1, 0.15) is 30.7 Å². The number of aliphatic hydroxyl groups excluding tert-OH is 1. The van der Waals surface area contributed by atoms with Crippen LogP contribution in [0.15, 0.2) is 29.2 Å². The molecule has 0 aromatic carbocycles. The van der Waals surface area contributed by atoms with Gasteiger partial charge in [-0.15, -0.1) is 0 Å². The van der Waals surface area contributed by atoms with Crippen molar-refractivity contribution in [2.45, 2.75) is 39.1 Å². The summed E-state index contributed by atoms with van der Waals surface area (Å²) in [7, 11) is 1.64. The smallest absolute Gasteiger partial charge is 0.352 e. The zero-order chi connectivity index (χ0) is 19.5. The third kappa shape index (κ3) is 2.60. The minimum atomic E-state index is -1.10. The lowest BCUT2D eigenvalue weighted by Gasteiger charge is -2.46. The molecule has 2 aromatic rings. The Kier molecular flexibility index (Phi) is 4.32. The fraction of sp³-hybridized carbons (Fsp3) is 0.500. The lowest BCUT2D eigenvalue weighted by Crippen LogP contribution is -2.63. The van der Waals surface area contributed by atoms with Crippen LogP contribution in [0.3, 0.4) is 0 Å². The minimum Gasteiger partial charge on any atom is -0.477 e. The molecule has 4 heterocycles. The van der Waals surface area contributed by atoms with E-state index in [1.54, 1.807) is 25.4 Å². The van der Waals surface area contributed by atoms with Crippen molar-refractivity contribution in [1.29, 1.82) is 0 Å². The van der Waals surface area contributed by atoms with Crippen LogP contribution in [0.1, 0.15) is 19.5 Å². The fourth-order valence-electron chi connectivity index (χ4n) is 4.32. The van der Waals surface area contributed by atoms with E-state index in [-0.39, 0.29) is 23.6 Å². The number of carboxylic acid groups (broad SMARTS) is 1. The number of hydrogen-bond donors (Lipinski definition) is 2. The van der Waals surface area contributed by atoms with E-state index < -0.39 is 18.0 Å². The second-order valence-corrected chi connectivity index (χ2v) is 8.11. The van der Waals surface area contributed by atoms with Crippen molar-refractivity contribution < 1.29 is 29.1 Å². The number of methoxy groups -OCH3 is 1. The molecular weight excluding hydrogens is 370 g/mol. The summed E-state index contributed by atoms with van der Waals surface area (Å²) in [5.41, 5.74) is 1.80. The largest absolute Gasteiger partial charge is 0.477 e. The normalized spacial score (nSPS) is 25.9. The molecule has 1 fully saturated rings. The summed E-state index contributed by atoms with van der Waals surface area (Å²) < 4.78 is 9.17. The number of hydrogen-bond acceptors (Lipinski definition) is 5. The van der Waals surface area contributed by atoms with E-state index in [2.05, 4.69) is 0 Å². The third-order valence-electron chi connectivity index (χ3n) is 5.57. The number of carboxylic acids is 1. The lowest BCUT2D eigenvalue weighted by molar-refractivity contribution is -0.688. The molecule has 9 heteroatoms. The highest BCUT2D eigenvalue weighted by Gasteiger charge is 2.60. The van der Waals surface area contributed by atoms with E-state index in [0.29, 0.717) is 18.7 Å². The molecule has 2 aromatic heterocycles. The summed E-state index contributed by atoms with van der Waals surface area (Å²) in [4.78, 5) is 26.7. The predicted octanol–water partition coefficient (Wildman–Crippen LogP) is 0.631. The van der Waals surface area contributed by atoms with Gasteiger partial charge in [-0.25, -0.2) is 9.36 Å². The number of aliphatic hydroxyl groups is 1. The number of amides is 1. The second kappa shape index (κ2) is 6.43.